The summed E-state index contributed by atoms with van der Waals surface area (Å²) in [7, 11) is 0. The van der Waals surface area contributed by atoms with Gasteiger partial charge in [0.15, 0.2) is 0 Å². The minimum Gasteiger partial charge on any atom is -0.480 e. The van der Waals surface area contributed by atoms with Crippen molar-refractivity contribution in [2.75, 3.05) is 0 Å². The molecule has 0 aromatic heterocycles. The Hall–Kier alpha value is -0.570. The third kappa shape index (κ3) is 6.89. The largest absolute Gasteiger partial charge is 0.480 e. The highest BCUT2D eigenvalue weighted by Gasteiger charge is 2.13. The lowest BCUT2D eigenvalue weighted by Gasteiger charge is -2.17. The molecule has 0 bridgehead atoms. The van der Waals surface area contributed by atoms with Crippen molar-refractivity contribution in [1.29, 1.82) is 0 Å². The van der Waals surface area contributed by atoms with Gasteiger partial charge in [0, 0.05) is 6.04 Å². The minimum atomic E-state index is -0.777. The third-order valence-electron chi connectivity index (χ3n) is 2.32. The first-order chi connectivity index (χ1) is 6.43. The molecule has 0 saturated heterocycles. The molecule has 0 aliphatic carbocycles. The molecule has 0 aromatic carbocycles. The van der Waals surface area contributed by atoms with Gasteiger partial charge < -0.3 is 10.4 Å². The van der Waals surface area contributed by atoms with Gasteiger partial charge in [-0.15, -0.1) is 0 Å². The second-order valence-corrected chi connectivity index (χ2v) is 4.45. The highest BCUT2D eigenvalue weighted by molar-refractivity contribution is 5.72. The van der Waals surface area contributed by atoms with Gasteiger partial charge in [0.2, 0.25) is 0 Å². The fraction of sp³-hybridized carbons (Fsp3) is 0.909. The van der Waals surface area contributed by atoms with Crippen molar-refractivity contribution >= 4 is 5.97 Å². The van der Waals surface area contributed by atoms with Gasteiger partial charge in [0.05, 0.1) is 0 Å². The topological polar surface area (TPSA) is 49.3 Å². The first-order valence-corrected chi connectivity index (χ1v) is 5.42. The summed E-state index contributed by atoms with van der Waals surface area (Å²) in [6, 6.07) is -0.149. The van der Waals surface area contributed by atoms with Crippen LogP contribution in [0, 0.1) is 5.92 Å². The Balaban J connectivity index is 3.55. The van der Waals surface area contributed by atoms with Crippen molar-refractivity contribution in [3.8, 4) is 0 Å². The zero-order chi connectivity index (χ0) is 11.1. The maximum Gasteiger partial charge on any atom is 0.320 e. The van der Waals surface area contributed by atoms with Gasteiger partial charge in [-0.1, -0.05) is 26.7 Å². The molecule has 2 N–H and O–H groups in total. The summed E-state index contributed by atoms with van der Waals surface area (Å²) in [6.45, 7) is 8.14. The van der Waals surface area contributed by atoms with Crippen LogP contribution in [0.3, 0.4) is 0 Å². The molecule has 0 aliphatic heterocycles. The fourth-order valence-electron chi connectivity index (χ4n) is 1.41. The van der Waals surface area contributed by atoms with Gasteiger partial charge >= 0.3 is 5.97 Å². The zero-order valence-corrected chi connectivity index (χ0v) is 9.71. The van der Waals surface area contributed by atoms with Crippen LogP contribution in [-0.4, -0.2) is 23.2 Å². The van der Waals surface area contributed by atoms with Crippen molar-refractivity contribution in [3.05, 3.63) is 0 Å². The third-order valence-corrected chi connectivity index (χ3v) is 2.32. The molecule has 0 rings (SSSR count). The van der Waals surface area contributed by atoms with Crippen LogP contribution in [0.25, 0.3) is 0 Å². The van der Waals surface area contributed by atoms with Crippen LogP contribution in [0.1, 0.15) is 47.0 Å². The molecular formula is C11H23NO2. The summed E-state index contributed by atoms with van der Waals surface area (Å²) in [5, 5.41) is 11.7. The first kappa shape index (κ1) is 13.4. The van der Waals surface area contributed by atoms with Crippen molar-refractivity contribution in [2.45, 2.75) is 59.0 Å². The second kappa shape index (κ2) is 6.82. The summed E-state index contributed by atoms with van der Waals surface area (Å²) < 4.78 is 0. The summed E-state index contributed by atoms with van der Waals surface area (Å²) in [5.41, 5.74) is 0. The van der Waals surface area contributed by atoms with E-state index in [0.717, 1.165) is 18.8 Å². The van der Waals surface area contributed by atoms with E-state index in [1.165, 1.54) is 6.42 Å². The highest BCUT2D eigenvalue weighted by Crippen LogP contribution is 2.08. The predicted molar refractivity (Wildman–Crippen MR) is 58.4 cm³/mol. The zero-order valence-electron chi connectivity index (χ0n) is 9.71. The standard InChI is InChI=1S/C11H23NO2/c1-8(2)6-5-7-9(3)12-10(4)11(13)14/h8-10,12H,5-7H2,1-4H3,(H,13,14)/t9?,10-/m1/s1. The van der Waals surface area contributed by atoms with Crippen molar-refractivity contribution in [3.63, 3.8) is 0 Å². The van der Waals surface area contributed by atoms with Crippen molar-refractivity contribution < 1.29 is 9.90 Å². The molecule has 3 heteroatoms. The normalized spacial score (nSPS) is 15.5. The van der Waals surface area contributed by atoms with Crippen LogP contribution in [0.5, 0.6) is 0 Å². The summed E-state index contributed by atoms with van der Waals surface area (Å²) in [4.78, 5) is 10.6. The van der Waals surface area contributed by atoms with Crippen LogP contribution < -0.4 is 5.32 Å². The average Bonchev–Trinajstić information content (AvgIpc) is 2.02. The van der Waals surface area contributed by atoms with E-state index in [2.05, 4.69) is 19.2 Å². The summed E-state index contributed by atoms with van der Waals surface area (Å²) in [5.74, 6) is -0.0418. The van der Waals surface area contributed by atoms with Crippen LogP contribution in [0.15, 0.2) is 0 Å². The molecular weight excluding hydrogens is 178 g/mol. The maximum atomic E-state index is 10.6. The monoisotopic (exact) mass is 201 g/mol. The second-order valence-electron chi connectivity index (χ2n) is 4.45. The summed E-state index contributed by atoms with van der Waals surface area (Å²) >= 11 is 0. The molecule has 0 aliphatic rings. The molecule has 0 fully saturated rings. The molecule has 0 saturated carbocycles. The Labute approximate surface area is 86.9 Å². The molecule has 0 aromatic rings. The van der Waals surface area contributed by atoms with Gasteiger partial charge in [-0.3, -0.25) is 4.79 Å². The first-order valence-electron chi connectivity index (χ1n) is 5.42. The van der Waals surface area contributed by atoms with E-state index in [1.54, 1.807) is 6.92 Å². The predicted octanol–water partition coefficient (Wildman–Crippen LogP) is 2.26. The van der Waals surface area contributed by atoms with Gasteiger partial charge in [-0.25, -0.2) is 0 Å². The minimum absolute atomic E-state index is 0.292. The lowest BCUT2D eigenvalue weighted by atomic mass is 10.0. The lowest BCUT2D eigenvalue weighted by Crippen LogP contribution is -2.39. The SMILES string of the molecule is CC(C)CCCC(C)N[C@H](C)C(=O)O. The molecule has 2 atom stereocenters. The number of aliphatic carboxylic acids is 1. The maximum absolute atomic E-state index is 10.6. The van der Waals surface area contributed by atoms with E-state index in [9.17, 15) is 4.79 Å². The molecule has 14 heavy (non-hydrogen) atoms. The quantitative estimate of drug-likeness (QED) is 0.664. The average molecular weight is 201 g/mol. The molecule has 0 radical (unpaired) electrons. The smallest absolute Gasteiger partial charge is 0.320 e. The Morgan fingerprint density at radius 3 is 2.21 bits per heavy atom. The van der Waals surface area contributed by atoms with E-state index >= 15 is 0 Å². The van der Waals surface area contributed by atoms with E-state index in [1.807, 2.05) is 6.92 Å². The summed E-state index contributed by atoms with van der Waals surface area (Å²) in [6.07, 6.45) is 3.43. The molecule has 84 valence electrons. The molecule has 3 nitrogen and oxygen atoms in total. The number of carboxylic acids is 1. The van der Waals surface area contributed by atoms with E-state index in [-0.39, 0.29) is 0 Å². The molecule has 1 unspecified atom stereocenters. The number of hydrogen-bond acceptors (Lipinski definition) is 2. The van der Waals surface area contributed by atoms with Gasteiger partial charge in [0.25, 0.3) is 0 Å². The van der Waals surface area contributed by atoms with Gasteiger partial charge in [-0.2, -0.15) is 0 Å². The van der Waals surface area contributed by atoms with Crippen LogP contribution in [0.4, 0.5) is 0 Å². The van der Waals surface area contributed by atoms with Crippen molar-refractivity contribution in [1.82, 2.24) is 5.32 Å². The van der Waals surface area contributed by atoms with Gasteiger partial charge in [-0.05, 0) is 26.2 Å². The number of hydrogen-bond donors (Lipinski definition) is 2. The van der Waals surface area contributed by atoms with Crippen LogP contribution in [0.2, 0.25) is 0 Å². The lowest BCUT2D eigenvalue weighted by molar-refractivity contribution is -0.139. The van der Waals surface area contributed by atoms with Gasteiger partial charge in [0.1, 0.15) is 6.04 Å². The molecule has 0 amide bonds. The van der Waals surface area contributed by atoms with Crippen LogP contribution in [-0.2, 0) is 4.79 Å². The molecule has 0 heterocycles. The van der Waals surface area contributed by atoms with E-state index < -0.39 is 12.0 Å². The Morgan fingerprint density at radius 2 is 1.79 bits per heavy atom. The fourth-order valence-corrected chi connectivity index (χ4v) is 1.41. The Kier molecular flexibility index (Phi) is 6.54. The van der Waals surface area contributed by atoms with E-state index in [0.29, 0.717) is 6.04 Å². The Bertz CT molecular complexity index is 169. The number of carboxylic acid groups (broad SMARTS) is 1. The number of nitrogens with one attached hydrogen (secondary N) is 1. The highest BCUT2D eigenvalue weighted by atomic mass is 16.4. The number of carbonyl (C=O) groups is 1. The number of rotatable bonds is 7. The molecule has 0 spiro atoms. The van der Waals surface area contributed by atoms with Crippen LogP contribution >= 0.6 is 0 Å². The Morgan fingerprint density at radius 1 is 1.21 bits per heavy atom. The van der Waals surface area contributed by atoms with E-state index in [4.69, 9.17) is 5.11 Å². The van der Waals surface area contributed by atoms with Crippen molar-refractivity contribution in [2.24, 2.45) is 5.92 Å².